The molecule has 0 aromatic rings. The van der Waals surface area contributed by atoms with Gasteiger partial charge in [0.25, 0.3) is 0 Å². The van der Waals surface area contributed by atoms with Crippen LogP contribution in [0, 0.1) is 5.92 Å². The first-order valence-corrected chi connectivity index (χ1v) is 7.64. The highest BCUT2D eigenvalue weighted by Gasteiger charge is 2.39. The van der Waals surface area contributed by atoms with E-state index in [1.807, 2.05) is 0 Å². The molecule has 0 spiro atoms. The third kappa shape index (κ3) is 2.54. The van der Waals surface area contributed by atoms with Gasteiger partial charge in [0.1, 0.15) is 0 Å². The fourth-order valence-electron chi connectivity index (χ4n) is 3.92. The molecule has 4 heteroatoms. The summed E-state index contributed by atoms with van der Waals surface area (Å²) in [5.41, 5.74) is 0. The monoisotopic (exact) mass is 252 g/mol. The number of piperidine rings is 3. The number of carbonyl (C=O) groups excluding carboxylic acids is 1. The average molecular weight is 252 g/mol. The molecule has 18 heavy (non-hydrogen) atoms. The molecule has 0 aliphatic carbocycles. The zero-order valence-electron chi connectivity index (χ0n) is 11.3. The van der Waals surface area contributed by atoms with Gasteiger partial charge in [0.15, 0.2) is 0 Å². The first-order valence-electron chi connectivity index (χ1n) is 7.64. The molecule has 4 heterocycles. The van der Waals surface area contributed by atoms with Crippen molar-refractivity contribution in [3.05, 3.63) is 0 Å². The molecule has 0 aromatic carbocycles. The van der Waals surface area contributed by atoms with E-state index in [1.165, 1.54) is 43.4 Å². The molecule has 102 valence electrons. The molecule has 4 rings (SSSR count). The normalized spacial score (nSPS) is 38.9. The Kier molecular flexibility index (Phi) is 3.57. The van der Waals surface area contributed by atoms with Crippen LogP contribution in [0.3, 0.4) is 0 Å². The summed E-state index contributed by atoms with van der Waals surface area (Å²) in [6.45, 7) is 7.05. The average Bonchev–Trinajstić information content (AvgIpc) is 2.94. The molecule has 4 aliphatic rings. The summed E-state index contributed by atoms with van der Waals surface area (Å²) in [4.78, 5) is 11.9. The quantitative estimate of drug-likeness (QED) is 0.715. The van der Waals surface area contributed by atoms with Crippen LogP contribution in [0.15, 0.2) is 0 Å². The van der Waals surface area contributed by atoms with Crippen LogP contribution >= 0.6 is 0 Å². The molecule has 0 aromatic heterocycles. The van der Waals surface area contributed by atoms with Crippen LogP contribution in [-0.2, 0) is 4.79 Å². The summed E-state index contributed by atoms with van der Waals surface area (Å²) in [5.74, 6) is 1.24. The smallest absolute Gasteiger partial charge is 0.237 e. The predicted octanol–water partition coefficient (Wildman–Crippen LogP) is 0.485. The number of fused-ring (bicyclic) bond motifs is 3. The summed E-state index contributed by atoms with van der Waals surface area (Å²) < 4.78 is 1.27. The van der Waals surface area contributed by atoms with Gasteiger partial charge in [-0.25, -0.2) is 0 Å². The van der Waals surface area contributed by atoms with Crippen LogP contribution in [0.25, 0.3) is 0 Å². The summed E-state index contributed by atoms with van der Waals surface area (Å²) in [7, 11) is 0. The van der Waals surface area contributed by atoms with Crippen molar-refractivity contribution in [2.45, 2.75) is 38.1 Å². The molecule has 0 unspecified atom stereocenters. The van der Waals surface area contributed by atoms with E-state index in [4.69, 9.17) is 0 Å². The SMILES string of the molecule is O=C(NCC[N+]12CCC(CC1)CC2)[C@@H]1CCCN1. The molecule has 4 saturated heterocycles. The van der Waals surface area contributed by atoms with Gasteiger partial charge in [0.2, 0.25) is 5.91 Å². The minimum atomic E-state index is 0.0806. The molecule has 4 fully saturated rings. The molecule has 1 amide bonds. The number of carbonyl (C=O) groups is 1. The van der Waals surface area contributed by atoms with E-state index < -0.39 is 0 Å². The van der Waals surface area contributed by atoms with Crippen molar-refractivity contribution in [2.24, 2.45) is 5.92 Å². The molecular formula is C14H26N3O+. The lowest BCUT2D eigenvalue weighted by Gasteiger charge is -2.49. The Morgan fingerprint density at radius 1 is 1.17 bits per heavy atom. The lowest BCUT2D eigenvalue weighted by Crippen LogP contribution is -2.60. The zero-order valence-corrected chi connectivity index (χ0v) is 11.3. The van der Waals surface area contributed by atoms with Crippen molar-refractivity contribution >= 4 is 5.91 Å². The number of nitrogens with one attached hydrogen (secondary N) is 2. The van der Waals surface area contributed by atoms with Crippen LogP contribution in [0.4, 0.5) is 0 Å². The number of hydrogen-bond acceptors (Lipinski definition) is 2. The summed E-state index contributed by atoms with van der Waals surface area (Å²) in [6, 6.07) is 0.0806. The van der Waals surface area contributed by atoms with E-state index in [0.29, 0.717) is 0 Å². The van der Waals surface area contributed by atoms with Crippen molar-refractivity contribution in [2.75, 3.05) is 39.3 Å². The van der Waals surface area contributed by atoms with E-state index in [1.54, 1.807) is 0 Å². The van der Waals surface area contributed by atoms with Crippen LogP contribution in [0.2, 0.25) is 0 Å². The topological polar surface area (TPSA) is 41.1 Å². The first-order chi connectivity index (χ1) is 8.77. The molecule has 4 nitrogen and oxygen atoms in total. The van der Waals surface area contributed by atoms with E-state index in [9.17, 15) is 4.79 Å². The fraction of sp³-hybridized carbons (Fsp3) is 0.929. The van der Waals surface area contributed by atoms with Gasteiger partial charge in [-0.3, -0.25) is 4.79 Å². The minimum Gasteiger partial charge on any atom is -0.349 e. The van der Waals surface area contributed by atoms with Crippen molar-refractivity contribution in [1.82, 2.24) is 10.6 Å². The summed E-state index contributed by atoms with van der Waals surface area (Å²) in [6.07, 6.45) is 6.39. The van der Waals surface area contributed by atoms with E-state index in [0.717, 1.165) is 38.4 Å². The lowest BCUT2D eigenvalue weighted by atomic mass is 9.86. The van der Waals surface area contributed by atoms with E-state index in [-0.39, 0.29) is 11.9 Å². The Labute approximate surface area is 110 Å². The molecule has 0 saturated carbocycles. The third-order valence-electron chi connectivity index (χ3n) is 5.30. The Bertz CT molecular complexity index is 290. The van der Waals surface area contributed by atoms with Gasteiger partial charge in [0, 0.05) is 0 Å². The van der Waals surface area contributed by atoms with Gasteiger partial charge < -0.3 is 15.1 Å². The maximum atomic E-state index is 11.9. The minimum absolute atomic E-state index is 0.0806. The van der Waals surface area contributed by atoms with Crippen LogP contribution < -0.4 is 10.6 Å². The highest BCUT2D eigenvalue weighted by atomic mass is 16.2. The Balaban J connectivity index is 1.42. The van der Waals surface area contributed by atoms with Gasteiger partial charge >= 0.3 is 0 Å². The number of amides is 1. The highest BCUT2D eigenvalue weighted by Crippen LogP contribution is 2.32. The molecule has 4 aliphatic heterocycles. The third-order valence-corrected chi connectivity index (χ3v) is 5.30. The van der Waals surface area contributed by atoms with Crippen molar-refractivity contribution < 1.29 is 9.28 Å². The van der Waals surface area contributed by atoms with E-state index >= 15 is 0 Å². The second kappa shape index (κ2) is 5.17. The van der Waals surface area contributed by atoms with Crippen molar-refractivity contribution in [3.8, 4) is 0 Å². The van der Waals surface area contributed by atoms with Crippen molar-refractivity contribution in [1.29, 1.82) is 0 Å². The number of quaternary nitrogens is 1. The second-order valence-corrected chi connectivity index (χ2v) is 6.41. The Hall–Kier alpha value is -0.610. The fourth-order valence-corrected chi connectivity index (χ4v) is 3.92. The summed E-state index contributed by atoms with van der Waals surface area (Å²) in [5, 5.41) is 6.39. The van der Waals surface area contributed by atoms with E-state index in [2.05, 4.69) is 10.6 Å². The molecule has 1 atom stereocenters. The molecule has 2 N–H and O–H groups in total. The lowest BCUT2D eigenvalue weighted by molar-refractivity contribution is -0.941. The largest absolute Gasteiger partial charge is 0.349 e. The zero-order chi connectivity index (χ0) is 12.4. The van der Waals surface area contributed by atoms with Gasteiger partial charge in [-0.15, -0.1) is 0 Å². The molecule has 2 bridgehead atoms. The van der Waals surface area contributed by atoms with Gasteiger partial charge in [-0.05, 0) is 44.6 Å². The van der Waals surface area contributed by atoms with Gasteiger partial charge in [0.05, 0.1) is 38.8 Å². The summed E-state index contributed by atoms with van der Waals surface area (Å²) >= 11 is 0. The van der Waals surface area contributed by atoms with Gasteiger partial charge in [-0.2, -0.15) is 0 Å². The second-order valence-electron chi connectivity index (χ2n) is 6.41. The van der Waals surface area contributed by atoms with Crippen LogP contribution in [-0.4, -0.2) is 55.7 Å². The van der Waals surface area contributed by atoms with Gasteiger partial charge in [-0.1, -0.05) is 0 Å². The van der Waals surface area contributed by atoms with Crippen LogP contribution in [0.5, 0.6) is 0 Å². The number of rotatable bonds is 4. The standard InChI is InChI=1S/C14H25N3O/c18-14(13-2-1-6-15-13)16-7-11-17-8-3-12(4-9-17)5-10-17/h12-13,15H,1-11H2/p+1/t12?,13-,17?/m0/s1. The Morgan fingerprint density at radius 2 is 1.89 bits per heavy atom. The van der Waals surface area contributed by atoms with Crippen LogP contribution in [0.1, 0.15) is 32.1 Å². The molecular weight excluding hydrogens is 226 g/mol. The number of hydrogen-bond donors (Lipinski definition) is 2. The maximum absolute atomic E-state index is 11.9. The predicted molar refractivity (Wildman–Crippen MR) is 71.1 cm³/mol. The highest BCUT2D eigenvalue weighted by molar-refractivity contribution is 5.81. The first kappa shape index (κ1) is 12.4. The number of nitrogens with zero attached hydrogens (tertiary/aromatic N) is 1. The Morgan fingerprint density at radius 3 is 2.50 bits per heavy atom. The van der Waals surface area contributed by atoms with Crippen molar-refractivity contribution in [3.63, 3.8) is 0 Å². The molecule has 0 radical (unpaired) electrons. The maximum Gasteiger partial charge on any atom is 0.237 e.